The van der Waals surface area contributed by atoms with Gasteiger partial charge in [0.15, 0.2) is 11.5 Å². The Bertz CT molecular complexity index is 333. The van der Waals surface area contributed by atoms with Crippen LogP contribution in [0.3, 0.4) is 0 Å². The fourth-order valence-corrected chi connectivity index (χ4v) is 1.34. The van der Waals surface area contributed by atoms with E-state index in [1.54, 1.807) is 6.07 Å². The van der Waals surface area contributed by atoms with Crippen molar-refractivity contribution in [3.8, 4) is 23.0 Å². The predicted molar refractivity (Wildman–Crippen MR) is 52.5 cm³/mol. The first kappa shape index (κ1) is 10.5. The van der Waals surface area contributed by atoms with E-state index in [1.165, 1.54) is 21.3 Å². The normalized spacial score (nSPS) is 9.71. The lowest BCUT2D eigenvalue weighted by Gasteiger charge is -2.14. The Morgan fingerprint density at radius 2 is 1.57 bits per heavy atom. The Morgan fingerprint density at radius 3 is 2.00 bits per heavy atom. The molecule has 0 amide bonds. The highest BCUT2D eigenvalue weighted by molar-refractivity contribution is 5.61. The summed E-state index contributed by atoms with van der Waals surface area (Å²) in [6.07, 6.45) is 0. The summed E-state index contributed by atoms with van der Waals surface area (Å²) >= 11 is 0. The number of rotatable bonds is 3. The maximum absolute atomic E-state index is 9.75. The van der Waals surface area contributed by atoms with Gasteiger partial charge in [-0.1, -0.05) is 0 Å². The second-order valence-corrected chi connectivity index (χ2v) is 2.81. The average Bonchev–Trinajstić information content (AvgIpc) is 2.17. The molecule has 0 saturated carbocycles. The monoisotopic (exact) mass is 198 g/mol. The van der Waals surface area contributed by atoms with E-state index in [2.05, 4.69) is 0 Å². The number of phenols is 1. The minimum Gasteiger partial charge on any atom is -0.502 e. The molecule has 0 saturated heterocycles. The third-order valence-corrected chi connectivity index (χ3v) is 1.99. The molecule has 0 unspecified atom stereocenters. The summed E-state index contributed by atoms with van der Waals surface area (Å²) < 4.78 is 15.1. The van der Waals surface area contributed by atoms with Crippen LogP contribution in [0, 0.1) is 6.92 Å². The van der Waals surface area contributed by atoms with Crippen LogP contribution in [0.2, 0.25) is 0 Å². The van der Waals surface area contributed by atoms with Crippen LogP contribution in [0.1, 0.15) is 5.56 Å². The van der Waals surface area contributed by atoms with E-state index in [0.29, 0.717) is 11.5 Å². The van der Waals surface area contributed by atoms with Gasteiger partial charge in [0.1, 0.15) is 0 Å². The first-order valence-electron chi connectivity index (χ1n) is 4.14. The van der Waals surface area contributed by atoms with Gasteiger partial charge in [0.25, 0.3) is 0 Å². The molecule has 0 radical (unpaired) electrons. The molecule has 1 N–H and O–H groups in total. The molecule has 0 aromatic heterocycles. The molecule has 0 bridgehead atoms. The number of ether oxygens (including phenoxy) is 3. The summed E-state index contributed by atoms with van der Waals surface area (Å²) in [5.74, 6) is 1.15. The molecule has 4 nitrogen and oxygen atoms in total. The van der Waals surface area contributed by atoms with E-state index in [1.807, 2.05) is 6.92 Å². The minimum atomic E-state index is -0.0353. The van der Waals surface area contributed by atoms with Crippen LogP contribution in [0.5, 0.6) is 23.0 Å². The first-order valence-corrected chi connectivity index (χ1v) is 4.14. The van der Waals surface area contributed by atoms with Gasteiger partial charge in [-0.25, -0.2) is 0 Å². The SMILES string of the molecule is COc1cc(C)c(OC)c(O)c1OC. The zero-order valence-corrected chi connectivity index (χ0v) is 8.75. The van der Waals surface area contributed by atoms with Crippen molar-refractivity contribution < 1.29 is 19.3 Å². The quantitative estimate of drug-likeness (QED) is 0.803. The molecule has 0 aliphatic heterocycles. The van der Waals surface area contributed by atoms with Gasteiger partial charge in [-0.05, 0) is 18.6 Å². The molecule has 0 aliphatic carbocycles. The molecule has 4 heteroatoms. The van der Waals surface area contributed by atoms with Gasteiger partial charge in [0, 0.05) is 0 Å². The lowest BCUT2D eigenvalue weighted by Crippen LogP contribution is -1.95. The van der Waals surface area contributed by atoms with E-state index in [9.17, 15) is 5.11 Å². The van der Waals surface area contributed by atoms with Crippen molar-refractivity contribution in [3.63, 3.8) is 0 Å². The molecule has 0 aliphatic rings. The van der Waals surface area contributed by atoms with Gasteiger partial charge >= 0.3 is 0 Å². The van der Waals surface area contributed by atoms with Gasteiger partial charge in [0.05, 0.1) is 21.3 Å². The van der Waals surface area contributed by atoms with Crippen molar-refractivity contribution in [1.29, 1.82) is 0 Å². The van der Waals surface area contributed by atoms with Gasteiger partial charge in [-0.2, -0.15) is 0 Å². The van der Waals surface area contributed by atoms with E-state index in [-0.39, 0.29) is 11.5 Å². The van der Waals surface area contributed by atoms with Crippen LogP contribution in [0.15, 0.2) is 6.07 Å². The maximum Gasteiger partial charge on any atom is 0.207 e. The minimum absolute atomic E-state index is 0.0353. The van der Waals surface area contributed by atoms with Crippen molar-refractivity contribution in [1.82, 2.24) is 0 Å². The van der Waals surface area contributed by atoms with Crippen molar-refractivity contribution in [2.75, 3.05) is 21.3 Å². The van der Waals surface area contributed by atoms with Gasteiger partial charge < -0.3 is 19.3 Å². The maximum atomic E-state index is 9.75. The summed E-state index contributed by atoms with van der Waals surface area (Å²) in [6, 6.07) is 1.75. The molecule has 1 rings (SSSR count). The van der Waals surface area contributed by atoms with E-state index in [4.69, 9.17) is 14.2 Å². The Kier molecular flexibility index (Phi) is 3.06. The number of aromatic hydroxyl groups is 1. The smallest absolute Gasteiger partial charge is 0.207 e. The number of hydrogen-bond acceptors (Lipinski definition) is 4. The molecule has 14 heavy (non-hydrogen) atoms. The molecule has 1 aromatic carbocycles. The molecule has 0 atom stereocenters. The number of aryl methyl sites for hydroxylation is 1. The zero-order valence-electron chi connectivity index (χ0n) is 8.75. The van der Waals surface area contributed by atoms with Crippen LogP contribution in [0.4, 0.5) is 0 Å². The lowest BCUT2D eigenvalue weighted by atomic mass is 10.2. The van der Waals surface area contributed by atoms with Gasteiger partial charge in [0.2, 0.25) is 11.5 Å². The Hall–Kier alpha value is -1.58. The number of phenolic OH excluding ortho intramolecular Hbond substituents is 1. The lowest BCUT2D eigenvalue weighted by molar-refractivity contribution is 0.314. The van der Waals surface area contributed by atoms with E-state index in [0.717, 1.165) is 5.56 Å². The number of benzene rings is 1. The topological polar surface area (TPSA) is 47.9 Å². The number of hydrogen-bond donors (Lipinski definition) is 1. The van der Waals surface area contributed by atoms with Crippen LogP contribution in [-0.2, 0) is 0 Å². The Balaban J connectivity index is 3.39. The van der Waals surface area contributed by atoms with Crippen LogP contribution in [0.25, 0.3) is 0 Å². The largest absolute Gasteiger partial charge is 0.502 e. The van der Waals surface area contributed by atoms with Crippen LogP contribution >= 0.6 is 0 Å². The Labute approximate surface area is 83.0 Å². The third kappa shape index (κ3) is 1.55. The molecule has 0 spiro atoms. The summed E-state index contributed by atoms with van der Waals surface area (Å²) in [5.41, 5.74) is 0.794. The van der Waals surface area contributed by atoms with Crippen LogP contribution in [-0.4, -0.2) is 26.4 Å². The zero-order chi connectivity index (χ0) is 10.7. The highest BCUT2D eigenvalue weighted by Gasteiger charge is 2.17. The second-order valence-electron chi connectivity index (χ2n) is 2.81. The van der Waals surface area contributed by atoms with E-state index >= 15 is 0 Å². The highest BCUT2D eigenvalue weighted by atomic mass is 16.5. The Morgan fingerprint density at radius 1 is 1.00 bits per heavy atom. The fraction of sp³-hybridized carbons (Fsp3) is 0.400. The molecule has 78 valence electrons. The van der Waals surface area contributed by atoms with Gasteiger partial charge in [-0.3, -0.25) is 0 Å². The van der Waals surface area contributed by atoms with Crippen LogP contribution < -0.4 is 14.2 Å². The third-order valence-electron chi connectivity index (χ3n) is 1.99. The van der Waals surface area contributed by atoms with Crippen molar-refractivity contribution >= 4 is 0 Å². The molecular formula is C10H14O4. The molecule has 1 aromatic rings. The summed E-state index contributed by atoms with van der Waals surface area (Å²) in [5, 5.41) is 9.75. The summed E-state index contributed by atoms with van der Waals surface area (Å²) in [6.45, 7) is 1.82. The molecule has 0 heterocycles. The average molecular weight is 198 g/mol. The van der Waals surface area contributed by atoms with Crippen molar-refractivity contribution in [2.45, 2.75) is 6.92 Å². The number of methoxy groups -OCH3 is 3. The van der Waals surface area contributed by atoms with E-state index < -0.39 is 0 Å². The highest BCUT2D eigenvalue weighted by Crippen LogP contribution is 2.45. The standard InChI is InChI=1S/C10H14O4/c1-6-5-7(12-2)10(14-4)8(11)9(6)13-3/h5,11H,1-4H3. The summed E-state index contributed by atoms with van der Waals surface area (Å²) in [7, 11) is 4.48. The van der Waals surface area contributed by atoms with Crippen molar-refractivity contribution in [2.24, 2.45) is 0 Å². The molecular weight excluding hydrogens is 184 g/mol. The van der Waals surface area contributed by atoms with Gasteiger partial charge in [-0.15, -0.1) is 0 Å². The first-order chi connectivity index (χ1) is 6.65. The second kappa shape index (κ2) is 4.09. The predicted octanol–water partition coefficient (Wildman–Crippen LogP) is 1.73. The molecule has 0 fully saturated rings. The fourth-order valence-electron chi connectivity index (χ4n) is 1.34. The summed E-state index contributed by atoms with van der Waals surface area (Å²) in [4.78, 5) is 0. The van der Waals surface area contributed by atoms with Crippen molar-refractivity contribution in [3.05, 3.63) is 11.6 Å².